The lowest BCUT2D eigenvalue weighted by Crippen LogP contribution is -2.52. The van der Waals surface area contributed by atoms with Crippen molar-refractivity contribution in [2.24, 2.45) is 39.2 Å². The summed E-state index contributed by atoms with van der Waals surface area (Å²) in [5.41, 5.74) is 17.7. The molecule has 0 amide bonds. The summed E-state index contributed by atoms with van der Waals surface area (Å²) in [7, 11) is 0. The minimum atomic E-state index is -4.60. The summed E-state index contributed by atoms with van der Waals surface area (Å²) in [6.07, 6.45) is -16.4. The fourth-order valence-electron chi connectivity index (χ4n) is 4.42. The average molecular weight is 563 g/mol. The fraction of sp³-hybridized carbons (Fsp3) is 1.00. The Morgan fingerprint density at radius 2 is 1.03 bits per heavy atom. The summed E-state index contributed by atoms with van der Waals surface area (Å²) >= 11 is 0. The third-order valence-corrected chi connectivity index (χ3v) is 7.16. The highest BCUT2D eigenvalue weighted by molar-refractivity contribution is 4.91. The summed E-state index contributed by atoms with van der Waals surface area (Å²) in [6.45, 7) is -0.672. The van der Waals surface area contributed by atoms with E-state index in [1.165, 1.54) is 0 Å². The van der Waals surface area contributed by atoms with Gasteiger partial charge in [-0.25, -0.2) is 0 Å². The van der Waals surface area contributed by atoms with Gasteiger partial charge < -0.3 is 33.6 Å². The first kappa shape index (κ1) is 36.1. The molecule has 0 bridgehead atoms. The highest BCUT2D eigenvalue weighted by Gasteiger charge is 2.52. The molecule has 2 unspecified atom stereocenters. The standard InChI is InChI=1S/C22H43F9N6/c1-2-3-19(14-35,22(29,30)31)16-37-9-7-18(13-34,10-21(26,27)28)15-36-8-6-17(11-32,12-33)4-5-20(23,24)25/h36-37H,2-16,32-35H2,1H3. The fourth-order valence-corrected chi connectivity index (χ4v) is 4.42. The van der Waals surface area contributed by atoms with E-state index in [2.05, 4.69) is 10.6 Å². The van der Waals surface area contributed by atoms with Gasteiger partial charge in [-0.3, -0.25) is 0 Å². The molecule has 0 aliphatic heterocycles. The first-order valence-corrected chi connectivity index (χ1v) is 12.3. The van der Waals surface area contributed by atoms with Gasteiger partial charge in [-0.2, -0.15) is 39.5 Å². The van der Waals surface area contributed by atoms with Crippen molar-refractivity contribution in [1.29, 1.82) is 0 Å². The van der Waals surface area contributed by atoms with Crippen molar-refractivity contribution in [3.63, 3.8) is 0 Å². The van der Waals surface area contributed by atoms with Gasteiger partial charge in [0.05, 0.1) is 11.8 Å². The van der Waals surface area contributed by atoms with Crippen molar-refractivity contribution in [3.05, 3.63) is 0 Å². The maximum atomic E-state index is 13.6. The Kier molecular flexibility index (Phi) is 14.7. The van der Waals surface area contributed by atoms with Crippen LogP contribution in [-0.4, -0.2) is 70.9 Å². The molecule has 0 rings (SSSR count). The van der Waals surface area contributed by atoms with E-state index in [1.54, 1.807) is 6.92 Å². The van der Waals surface area contributed by atoms with Crippen LogP contribution in [-0.2, 0) is 0 Å². The van der Waals surface area contributed by atoms with Crippen LogP contribution < -0.4 is 33.6 Å². The van der Waals surface area contributed by atoms with Crippen LogP contribution in [0.25, 0.3) is 0 Å². The van der Waals surface area contributed by atoms with E-state index >= 15 is 0 Å². The van der Waals surface area contributed by atoms with Crippen LogP contribution in [0.3, 0.4) is 0 Å². The van der Waals surface area contributed by atoms with Crippen LogP contribution in [0.5, 0.6) is 0 Å². The van der Waals surface area contributed by atoms with Gasteiger partial charge in [0.2, 0.25) is 0 Å². The number of nitrogens with two attached hydrogens (primary N) is 4. The van der Waals surface area contributed by atoms with Gasteiger partial charge in [0.1, 0.15) is 0 Å². The molecule has 0 fully saturated rings. The Balaban J connectivity index is 5.28. The Morgan fingerprint density at radius 3 is 1.41 bits per heavy atom. The average Bonchev–Trinajstić information content (AvgIpc) is 2.78. The van der Waals surface area contributed by atoms with E-state index in [9.17, 15) is 39.5 Å². The summed E-state index contributed by atoms with van der Waals surface area (Å²) in [5, 5.41) is 5.45. The lowest BCUT2D eigenvalue weighted by Gasteiger charge is -2.37. The number of hydrogen-bond acceptors (Lipinski definition) is 6. The van der Waals surface area contributed by atoms with Crippen LogP contribution >= 0.6 is 0 Å². The van der Waals surface area contributed by atoms with Crippen molar-refractivity contribution >= 4 is 0 Å². The zero-order chi connectivity index (χ0) is 29.0. The highest BCUT2D eigenvalue weighted by Crippen LogP contribution is 2.41. The molecule has 2 atom stereocenters. The number of nitrogens with one attached hydrogen (secondary N) is 2. The first-order chi connectivity index (χ1) is 16.9. The number of halogens is 9. The second-order valence-corrected chi connectivity index (χ2v) is 10.1. The molecule has 15 heteroatoms. The lowest BCUT2D eigenvalue weighted by atomic mass is 9.78. The Hall–Kier alpha value is -0.870. The molecule has 0 aromatic rings. The Labute approximate surface area is 212 Å². The molecular formula is C22H43F9N6. The maximum Gasteiger partial charge on any atom is 0.396 e. The van der Waals surface area contributed by atoms with Gasteiger partial charge >= 0.3 is 18.5 Å². The summed E-state index contributed by atoms with van der Waals surface area (Å²) in [5.74, 6) is 0. The second kappa shape index (κ2) is 15.1. The van der Waals surface area contributed by atoms with Gasteiger partial charge in [-0.05, 0) is 63.8 Å². The molecule has 0 radical (unpaired) electrons. The van der Waals surface area contributed by atoms with E-state index in [0.29, 0.717) is 0 Å². The van der Waals surface area contributed by atoms with E-state index in [0.717, 1.165) is 0 Å². The normalized spacial score (nSPS) is 17.0. The van der Waals surface area contributed by atoms with Gasteiger partial charge in [0, 0.05) is 31.5 Å². The molecule has 37 heavy (non-hydrogen) atoms. The Bertz CT molecular complexity index is 623. The monoisotopic (exact) mass is 562 g/mol. The third kappa shape index (κ3) is 12.7. The van der Waals surface area contributed by atoms with E-state index < -0.39 is 67.2 Å². The zero-order valence-electron chi connectivity index (χ0n) is 21.3. The van der Waals surface area contributed by atoms with Crippen molar-refractivity contribution < 1.29 is 39.5 Å². The van der Waals surface area contributed by atoms with Gasteiger partial charge in [0.25, 0.3) is 0 Å². The van der Waals surface area contributed by atoms with Crippen LogP contribution in [0, 0.1) is 16.2 Å². The molecule has 0 aliphatic rings. The maximum absolute atomic E-state index is 13.6. The largest absolute Gasteiger partial charge is 0.396 e. The SMILES string of the molecule is CCCC(CN)(CNCCC(CN)(CNCCC(CN)(CN)CCC(F)(F)F)CC(F)(F)F)C(F)(F)F. The predicted octanol–water partition coefficient (Wildman–Crippen LogP) is 3.40. The molecule has 224 valence electrons. The number of rotatable bonds is 19. The molecule has 0 spiro atoms. The van der Waals surface area contributed by atoms with Crippen molar-refractivity contribution in [2.75, 3.05) is 52.4 Å². The predicted molar refractivity (Wildman–Crippen MR) is 125 cm³/mol. The molecular weight excluding hydrogens is 519 g/mol. The first-order valence-electron chi connectivity index (χ1n) is 12.3. The van der Waals surface area contributed by atoms with E-state index in [4.69, 9.17) is 22.9 Å². The van der Waals surface area contributed by atoms with E-state index in [1.807, 2.05) is 0 Å². The van der Waals surface area contributed by atoms with E-state index in [-0.39, 0.29) is 64.8 Å². The minimum Gasteiger partial charge on any atom is -0.330 e. The van der Waals surface area contributed by atoms with Gasteiger partial charge in [-0.15, -0.1) is 0 Å². The van der Waals surface area contributed by atoms with Crippen molar-refractivity contribution in [2.45, 2.75) is 70.4 Å². The molecule has 6 nitrogen and oxygen atoms in total. The molecule has 0 aromatic carbocycles. The molecule has 0 saturated carbocycles. The van der Waals surface area contributed by atoms with Crippen LogP contribution in [0.4, 0.5) is 39.5 Å². The summed E-state index contributed by atoms with van der Waals surface area (Å²) < 4.78 is 119. The second-order valence-electron chi connectivity index (χ2n) is 10.1. The van der Waals surface area contributed by atoms with Crippen LogP contribution in [0.1, 0.15) is 51.9 Å². The smallest absolute Gasteiger partial charge is 0.330 e. The molecule has 0 aromatic heterocycles. The van der Waals surface area contributed by atoms with Crippen LogP contribution in [0.15, 0.2) is 0 Å². The molecule has 0 heterocycles. The van der Waals surface area contributed by atoms with Gasteiger partial charge in [0.15, 0.2) is 0 Å². The number of alkyl halides is 9. The lowest BCUT2D eigenvalue weighted by molar-refractivity contribution is -0.221. The topological polar surface area (TPSA) is 128 Å². The number of hydrogen-bond donors (Lipinski definition) is 6. The summed E-state index contributed by atoms with van der Waals surface area (Å²) in [4.78, 5) is 0. The molecule has 0 aliphatic carbocycles. The minimum absolute atomic E-state index is 0.0418. The molecule has 0 saturated heterocycles. The Morgan fingerprint density at radius 1 is 0.541 bits per heavy atom. The summed E-state index contributed by atoms with van der Waals surface area (Å²) in [6, 6.07) is 0. The van der Waals surface area contributed by atoms with Crippen LogP contribution in [0.2, 0.25) is 0 Å². The third-order valence-electron chi connectivity index (χ3n) is 7.16. The van der Waals surface area contributed by atoms with Gasteiger partial charge in [-0.1, -0.05) is 13.3 Å². The van der Waals surface area contributed by atoms with Crippen molar-refractivity contribution in [3.8, 4) is 0 Å². The molecule has 10 N–H and O–H groups in total. The highest BCUT2D eigenvalue weighted by atomic mass is 19.4. The zero-order valence-corrected chi connectivity index (χ0v) is 21.3. The van der Waals surface area contributed by atoms with Crippen molar-refractivity contribution in [1.82, 2.24) is 10.6 Å². The quantitative estimate of drug-likeness (QED) is 0.106.